The number of aromatic nitrogens is 4. The van der Waals surface area contributed by atoms with Crippen LogP contribution in [-0.2, 0) is 16.6 Å². The average molecular weight is 337 g/mol. The minimum atomic E-state index is 0.0715. The average Bonchev–Trinajstić information content (AvgIpc) is 3.16. The molecule has 1 aliphatic heterocycles. The van der Waals surface area contributed by atoms with Crippen molar-refractivity contribution < 1.29 is 4.74 Å². The Hall–Kier alpha value is -2.47. The lowest BCUT2D eigenvalue weighted by Gasteiger charge is -2.38. The monoisotopic (exact) mass is 337 g/mol. The van der Waals surface area contributed by atoms with Crippen LogP contribution in [0.1, 0.15) is 31.0 Å². The molecule has 0 bridgehead atoms. The molecule has 3 heterocycles. The highest BCUT2D eigenvalue weighted by Crippen LogP contribution is 2.35. The van der Waals surface area contributed by atoms with E-state index in [-0.39, 0.29) is 5.41 Å². The summed E-state index contributed by atoms with van der Waals surface area (Å²) in [6, 6.07) is 12.8. The zero-order valence-corrected chi connectivity index (χ0v) is 14.5. The second-order valence-electron chi connectivity index (χ2n) is 6.57. The van der Waals surface area contributed by atoms with Crippen LogP contribution in [-0.4, -0.2) is 39.3 Å². The number of nitrogens with zero attached hydrogens (tertiary/aromatic N) is 4. The van der Waals surface area contributed by atoms with Crippen molar-refractivity contribution in [2.75, 3.05) is 25.1 Å². The highest BCUT2D eigenvalue weighted by atomic mass is 16.5. The van der Waals surface area contributed by atoms with Gasteiger partial charge in [-0.2, -0.15) is 14.6 Å². The Morgan fingerprint density at radius 2 is 2.00 bits per heavy atom. The molecule has 1 fully saturated rings. The smallest absolute Gasteiger partial charge is 0.254 e. The Morgan fingerprint density at radius 3 is 2.76 bits per heavy atom. The van der Waals surface area contributed by atoms with Gasteiger partial charge in [0, 0.05) is 36.9 Å². The van der Waals surface area contributed by atoms with Gasteiger partial charge in [0.05, 0.1) is 0 Å². The first-order valence-corrected chi connectivity index (χ1v) is 8.87. The summed E-state index contributed by atoms with van der Waals surface area (Å²) in [5, 5.41) is 7.93. The van der Waals surface area contributed by atoms with E-state index in [2.05, 4.69) is 63.7 Å². The Labute approximate surface area is 147 Å². The first-order chi connectivity index (χ1) is 12.3. The Bertz CT molecular complexity index is 839. The minimum absolute atomic E-state index is 0.0715. The van der Waals surface area contributed by atoms with Crippen LogP contribution in [0.15, 0.2) is 42.7 Å². The fourth-order valence-corrected chi connectivity index (χ4v) is 3.55. The molecule has 1 saturated heterocycles. The summed E-state index contributed by atoms with van der Waals surface area (Å²) < 4.78 is 7.40. The lowest BCUT2D eigenvalue weighted by molar-refractivity contribution is 0.0543. The molecule has 130 valence electrons. The van der Waals surface area contributed by atoms with E-state index in [9.17, 15) is 0 Å². The van der Waals surface area contributed by atoms with Crippen LogP contribution < -0.4 is 5.32 Å². The maximum absolute atomic E-state index is 5.63. The van der Waals surface area contributed by atoms with E-state index in [1.54, 1.807) is 10.8 Å². The number of benzene rings is 1. The van der Waals surface area contributed by atoms with Crippen molar-refractivity contribution in [3.8, 4) is 0 Å². The molecule has 1 N–H and O–H groups in total. The van der Waals surface area contributed by atoms with Crippen molar-refractivity contribution in [3.63, 3.8) is 0 Å². The number of ether oxygens (including phenoxy) is 1. The summed E-state index contributed by atoms with van der Waals surface area (Å²) >= 11 is 0. The van der Waals surface area contributed by atoms with Gasteiger partial charge in [-0.15, -0.1) is 0 Å². The second kappa shape index (κ2) is 6.80. The van der Waals surface area contributed by atoms with Crippen molar-refractivity contribution in [2.24, 2.45) is 0 Å². The number of aryl methyl sites for hydroxylation is 1. The first kappa shape index (κ1) is 16.0. The Kier molecular flexibility index (Phi) is 4.36. The van der Waals surface area contributed by atoms with Crippen LogP contribution >= 0.6 is 0 Å². The van der Waals surface area contributed by atoms with Gasteiger partial charge in [0.1, 0.15) is 12.1 Å². The van der Waals surface area contributed by atoms with Gasteiger partial charge in [-0.3, -0.25) is 0 Å². The lowest BCUT2D eigenvalue weighted by Crippen LogP contribution is -2.40. The standard InChI is InChI=1S/C19H23N5O/c1-2-16-12-17(24-18(23-16)21-14-22-24)20-13-19(8-10-25-11-9-19)15-6-4-3-5-7-15/h3-7,12,14,20H,2,8-11,13H2,1H3. The SMILES string of the molecule is CCc1cc(NCC2(c3ccccc3)CCOCC2)n2ncnc2n1. The third-order valence-electron chi connectivity index (χ3n) is 5.11. The van der Waals surface area contributed by atoms with E-state index in [4.69, 9.17) is 4.74 Å². The fourth-order valence-electron chi connectivity index (χ4n) is 3.55. The molecule has 0 radical (unpaired) electrons. The molecule has 2 aromatic heterocycles. The fraction of sp³-hybridized carbons (Fsp3) is 0.421. The van der Waals surface area contributed by atoms with Crippen LogP contribution in [0.25, 0.3) is 5.78 Å². The second-order valence-corrected chi connectivity index (χ2v) is 6.57. The molecule has 0 amide bonds. The first-order valence-electron chi connectivity index (χ1n) is 8.87. The summed E-state index contributed by atoms with van der Waals surface area (Å²) in [6.45, 7) is 4.53. The van der Waals surface area contributed by atoms with Crippen molar-refractivity contribution in [1.82, 2.24) is 19.6 Å². The van der Waals surface area contributed by atoms with Gasteiger partial charge in [-0.1, -0.05) is 37.3 Å². The summed E-state index contributed by atoms with van der Waals surface area (Å²) in [5.41, 5.74) is 2.45. The molecule has 0 aliphatic carbocycles. The van der Waals surface area contributed by atoms with E-state index in [0.717, 1.165) is 50.5 Å². The van der Waals surface area contributed by atoms with Crippen LogP contribution in [0.4, 0.5) is 5.82 Å². The zero-order valence-electron chi connectivity index (χ0n) is 14.5. The molecule has 0 atom stereocenters. The molecule has 1 aliphatic rings. The number of hydrogen-bond acceptors (Lipinski definition) is 5. The summed E-state index contributed by atoms with van der Waals surface area (Å²) in [4.78, 5) is 8.75. The largest absolute Gasteiger partial charge is 0.381 e. The van der Waals surface area contributed by atoms with Crippen LogP contribution in [0, 0.1) is 0 Å². The van der Waals surface area contributed by atoms with Gasteiger partial charge in [-0.25, -0.2) is 4.98 Å². The van der Waals surface area contributed by atoms with E-state index < -0.39 is 0 Å². The molecule has 3 aromatic rings. The number of anilines is 1. The number of fused-ring (bicyclic) bond motifs is 1. The van der Waals surface area contributed by atoms with Crippen molar-refractivity contribution in [3.05, 3.63) is 54.0 Å². The molecule has 25 heavy (non-hydrogen) atoms. The molecule has 1 aromatic carbocycles. The summed E-state index contributed by atoms with van der Waals surface area (Å²) in [5.74, 6) is 1.59. The third-order valence-corrected chi connectivity index (χ3v) is 5.11. The number of nitrogens with one attached hydrogen (secondary N) is 1. The predicted molar refractivity (Wildman–Crippen MR) is 96.8 cm³/mol. The molecule has 0 saturated carbocycles. The topological polar surface area (TPSA) is 64.3 Å². The molecule has 4 rings (SSSR count). The highest BCUT2D eigenvalue weighted by Gasteiger charge is 2.34. The number of rotatable bonds is 5. The van der Waals surface area contributed by atoms with Gasteiger partial charge in [0.2, 0.25) is 0 Å². The molecule has 0 spiro atoms. The maximum Gasteiger partial charge on any atom is 0.254 e. The highest BCUT2D eigenvalue weighted by molar-refractivity contribution is 5.46. The third kappa shape index (κ3) is 3.09. The van der Waals surface area contributed by atoms with E-state index in [1.807, 2.05) is 0 Å². The van der Waals surface area contributed by atoms with Gasteiger partial charge >= 0.3 is 0 Å². The van der Waals surface area contributed by atoms with Crippen LogP contribution in [0.2, 0.25) is 0 Å². The maximum atomic E-state index is 5.63. The van der Waals surface area contributed by atoms with Crippen LogP contribution in [0.5, 0.6) is 0 Å². The van der Waals surface area contributed by atoms with Crippen LogP contribution in [0.3, 0.4) is 0 Å². The molecular formula is C19H23N5O. The zero-order chi connectivity index (χ0) is 17.1. The van der Waals surface area contributed by atoms with Gasteiger partial charge in [0.25, 0.3) is 5.78 Å². The molecule has 6 heteroatoms. The Morgan fingerprint density at radius 1 is 1.20 bits per heavy atom. The lowest BCUT2D eigenvalue weighted by atomic mass is 9.74. The van der Waals surface area contributed by atoms with E-state index >= 15 is 0 Å². The Balaban J connectivity index is 1.65. The minimum Gasteiger partial charge on any atom is -0.381 e. The van der Waals surface area contributed by atoms with Gasteiger partial charge < -0.3 is 10.1 Å². The summed E-state index contributed by atoms with van der Waals surface area (Å²) in [7, 11) is 0. The van der Waals surface area contributed by atoms with Gasteiger partial charge in [0.15, 0.2) is 0 Å². The molecule has 6 nitrogen and oxygen atoms in total. The normalized spacial score (nSPS) is 16.8. The molecule has 0 unspecified atom stereocenters. The predicted octanol–water partition coefficient (Wildman–Crippen LogP) is 2.85. The number of hydrogen-bond donors (Lipinski definition) is 1. The van der Waals surface area contributed by atoms with E-state index in [1.165, 1.54) is 5.56 Å². The molecular weight excluding hydrogens is 314 g/mol. The quantitative estimate of drug-likeness (QED) is 0.775. The van der Waals surface area contributed by atoms with Gasteiger partial charge in [-0.05, 0) is 24.8 Å². The van der Waals surface area contributed by atoms with Crippen molar-refractivity contribution in [1.29, 1.82) is 0 Å². The van der Waals surface area contributed by atoms with E-state index in [0.29, 0.717) is 5.78 Å². The van der Waals surface area contributed by atoms with Crippen molar-refractivity contribution in [2.45, 2.75) is 31.6 Å². The summed E-state index contributed by atoms with van der Waals surface area (Å²) in [6.07, 6.45) is 4.44. The van der Waals surface area contributed by atoms with Crippen molar-refractivity contribution >= 4 is 11.6 Å².